The molecule has 1 atom stereocenters. The van der Waals surface area contributed by atoms with E-state index in [1.165, 1.54) is 0 Å². The van der Waals surface area contributed by atoms with E-state index in [1.54, 1.807) is 0 Å². The zero-order valence-electron chi connectivity index (χ0n) is 12.9. The van der Waals surface area contributed by atoms with Crippen molar-refractivity contribution in [1.82, 2.24) is 0 Å². The summed E-state index contributed by atoms with van der Waals surface area (Å²) in [6.45, 7) is 7.73. The molecule has 0 amide bonds. The fraction of sp³-hybridized carbons (Fsp3) is 0.278. The molecule has 0 spiro atoms. The van der Waals surface area contributed by atoms with Gasteiger partial charge in [0.25, 0.3) is 0 Å². The second-order valence-corrected chi connectivity index (χ2v) is 7.09. The molecule has 2 aromatic rings. The van der Waals surface area contributed by atoms with Gasteiger partial charge in [-0.3, -0.25) is 4.79 Å². The van der Waals surface area contributed by atoms with Crippen LogP contribution in [0.25, 0.3) is 0 Å². The lowest BCUT2D eigenvalue weighted by molar-refractivity contribution is 0.103. The molecule has 0 heterocycles. The summed E-state index contributed by atoms with van der Waals surface area (Å²) in [5.74, 6) is 0.00588. The number of ketones is 1. The fourth-order valence-electron chi connectivity index (χ4n) is 2.80. The molecule has 0 saturated carbocycles. The van der Waals surface area contributed by atoms with Gasteiger partial charge in [-0.05, 0) is 33.3 Å². The lowest BCUT2D eigenvalue weighted by Gasteiger charge is -2.11. The molecule has 1 unspecified atom stereocenters. The van der Waals surface area contributed by atoms with Crippen molar-refractivity contribution in [2.24, 2.45) is 0 Å². The second-order valence-electron chi connectivity index (χ2n) is 5.25. The summed E-state index contributed by atoms with van der Waals surface area (Å²) in [6, 6.07) is 11.2. The number of aryl methyl sites for hydroxylation is 2. The van der Waals surface area contributed by atoms with E-state index in [9.17, 15) is 9.36 Å². The maximum atomic E-state index is 12.8. The van der Waals surface area contributed by atoms with Crippen LogP contribution in [-0.2, 0) is 4.57 Å². The Balaban J connectivity index is 2.64. The fourth-order valence-corrected chi connectivity index (χ4v) is 4.06. The van der Waals surface area contributed by atoms with Crippen LogP contribution in [0.3, 0.4) is 0 Å². The molecular weight excluding hydrogens is 279 g/mol. The third kappa shape index (κ3) is 2.96. The number of rotatable bonds is 4. The largest absolute Gasteiger partial charge is 0.377 e. The molecule has 0 N–H and O–H groups in total. The Bertz CT molecular complexity index is 703. The summed E-state index contributed by atoms with van der Waals surface area (Å²) < 4.78 is 12.3. The Labute approximate surface area is 127 Å². The van der Waals surface area contributed by atoms with Gasteiger partial charge in [-0.2, -0.15) is 0 Å². The highest BCUT2D eigenvalue weighted by molar-refractivity contribution is 7.53. The molecule has 2 aromatic carbocycles. The summed E-state index contributed by atoms with van der Waals surface area (Å²) in [5.41, 5.74) is 4.19. The molecular formula is C18H20O2P+. The van der Waals surface area contributed by atoms with E-state index in [2.05, 4.69) is 0 Å². The van der Waals surface area contributed by atoms with Crippen molar-refractivity contribution in [2.45, 2.75) is 27.7 Å². The zero-order chi connectivity index (χ0) is 15.6. The van der Waals surface area contributed by atoms with Gasteiger partial charge in [-0.15, -0.1) is 0 Å². The summed E-state index contributed by atoms with van der Waals surface area (Å²) in [6.07, 6.45) is 0.596. The Morgan fingerprint density at radius 1 is 1.05 bits per heavy atom. The van der Waals surface area contributed by atoms with Crippen LogP contribution < -0.4 is 5.30 Å². The lowest BCUT2D eigenvalue weighted by atomic mass is 9.93. The molecule has 2 rings (SSSR count). The predicted molar refractivity (Wildman–Crippen MR) is 88.3 cm³/mol. The number of benzene rings is 2. The SMILES string of the molecule is CC[P+](=O)c1c(C)cc(C)c(C(=O)c2ccccc2)c1C. The quantitative estimate of drug-likeness (QED) is 0.622. The van der Waals surface area contributed by atoms with Crippen LogP contribution >= 0.6 is 7.80 Å². The van der Waals surface area contributed by atoms with Gasteiger partial charge >= 0.3 is 7.80 Å². The third-order valence-corrected chi connectivity index (χ3v) is 5.49. The van der Waals surface area contributed by atoms with Gasteiger partial charge in [0, 0.05) is 22.3 Å². The minimum Gasteiger partial charge on any atom is -0.289 e. The van der Waals surface area contributed by atoms with Gasteiger partial charge < -0.3 is 0 Å². The molecule has 21 heavy (non-hydrogen) atoms. The van der Waals surface area contributed by atoms with E-state index in [4.69, 9.17) is 0 Å². The molecule has 2 nitrogen and oxygen atoms in total. The highest BCUT2D eigenvalue weighted by atomic mass is 31.1. The van der Waals surface area contributed by atoms with E-state index in [1.807, 2.05) is 64.1 Å². The molecule has 0 aliphatic rings. The molecule has 0 fully saturated rings. The second kappa shape index (κ2) is 6.32. The van der Waals surface area contributed by atoms with Crippen LogP contribution in [0.15, 0.2) is 36.4 Å². The van der Waals surface area contributed by atoms with Gasteiger partial charge in [0.15, 0.2) is 11.1 Å². The van der Waals surface area contributed by atoms with Crippen molar-refractivity contribution in [3.8, 4) is 0 Å². The van der Waals surface area contributed by atoms with E-state index < -0.39 is 7.80 Å². The van der Waals surface area contributed by atoms with Gasteiger partial charge in [-0.25, -0.2) is 0 Å². The Morgan fingerprint density at radius 2 is 1.67 bits per heavy atom. The van der Waals surface area contributed by atoms with E-state index in [0.29, 0.717) is 17.3 Å². The van der Waals surface area contributed by atoms with Crippen molar-refractivity contribution in [1.29, 1.82) is 0 Å². The van der Waals surface area contributed by atoms with E-state index in [0.717, 1.165) is 22.0 Å². The lowest BCUT2D eigenvalue weighted by Crippen LogP contribution is -2.16. The average Bonchev–Trinajstić information content (AvgIpc) is 2.47. The first-order chi connectivity index (χ1) is 9.97. The molecule has 0 aliphatic heterocycles. The van der Waals surface area contributed by atoms with Gasteiger partial charge in [-0.1, -0.05) is 41.0 Å². The maximum absolute atomic E-state index is 12.8. The first-order valence-corrected chi connectivity index (χ1v) is 8.57. The summed E-state index contributed by atoms with van der Waals surface area (Å²) >= 11 is 0. The average molecular weight is 299 g/mol. The van der Waals surface area contributed by atoms with Crippen LogP contribution in [0, 0.1) is 20.8 Å². The van der Waals surface area contributed by atoms with Crippen molar-refractivity contribution < 1.29 is 9.36 Å². The van der Waals surface area contributed by atoms with Crippen LogP contribution in [0.2, 0.25) is 0 Å². The molecule has 0 aliphatic carbocycles. The molecule has 0 saturated heterocycles. The topological polar surface area (TPSA) is 34.1 Å². The van der Waals surface area contributed by atoms with Crippen LogP contribution in [0.4, 0.5) is 0 Å². The highest BCUT2D eigenvalue weighted by Crippen LogP contribution is 2.28. The van der Waals surface area contributed by atoms with Crippen LogP contribution in [-0.4, -0.2) is 11.9 Å². The van der Waals surface area contributed by atoms with Crippen molar-refractivity contribution >= 4 is 18.9 Å². The minimum atomic E-state index is -1.44. The number of carbonyl (C=O) groups excluding carboxylic acids is 1. The predicted octanol–water partition coefficient (Wildman–Crippen LogP) is 4.32. The first kappa shape index (κ1) is 15.6. The molecule has 0 radical (unpaired) electrons. The standard InChI is InChI=1S/C18H20O2P/c1-5-21(20)18-13(3)11-12(2)16(14(18)4)17(19)15-9-7-6-8-10-15/h6-11H,5H2,1-4H3/q+1. The maximum Gasteiger partial charge on any atom is 0.377 e. The van der Waals surface area contributed by atoms with Crippen molar-refractivity contribution in [3.63, 3.8) is 0 Å². The monoisotopic (exact) mass is 299 g/mol. The van der Waals surface area contributed by atoms with E-state index >= 15 is 0 Å². The van der Waals surface area contributed by atoms with E-state index in [-0.39, 0.29) is 5.78 Å². The Morgan fingerprint density at radius 3 is 2.24 bits per heavy atom. The summed E-state index contributed by atoms with van der Waals surface area (Å²) in [7, 11) is -1.44. The molecule has 3 heteroatoms. The Hall–Kier alpha value is -1.79. The number of hydrogen-bond donors (Lipinski definition) is 0. The zero-order valence-corrected chi connectivity index (χ0v) is 13.8. The summed E-state index contributed by atoms with van der Waals surface area (Å²) in [5, 5.41) is 0.845. The summed E-state index contributed by atoms with van der Waals surface area (Å²) in [4.78, 5) is 12.8. The van der Waals surface area contributed by atoms with Gasteiger partial charge in [0.2, 0.25) is 0 Å². The Kier molecular flexibility index (Phi) is 4.69. The number of hydrogen-bond acceptors (Lipinski definition) is 2. The number of carbonyl (C=O) groups is 1. The molecule has 108 valence electrons. The smallest absolute Gasteiger partial charge is 0.289 e. The van der Waals surface area contributed by atoms with Crippen LogP contribution in [0.1, 0.15) is 39.5 Å². The first-order valence-electron chi connectivity index (χ1n) is 7.12. The minimum absolute atomic E-state index is 0.00588. The molecule has 0 bridgehead atoms. The van der Waals surface area contributed by atoms with Gasteiger partial charge in [0.1, 0.15) is 6.16 Å². The van der Waals surface area contributed by atoms with Crippen LogP contribution in [0.5, 0.6) is 0 Å². The van der Waals surface area contributed by atoms with Crippen molar-refractivity contribution in [3.05, 3.63) is 64.2 Å². The van der Waals surface area contributed by atoms with Crippen molar-refractivity contribution in [2.75, 3.05) is 6.16 Å². The normalized spacial score (nSPS) is 11.3. The third-order valence-electron chi connectivity index (χ3n) is 3.73. The highest BCUT2D eigenvalue weighted by Gasteiger charge is 2.28. The molecule has 0 aromatic heterocycles. The van der Waals surface area contributed by atoms with Gasteiger partial charge in [0.05, 0.1) is 0 Å².